The van der Waals surface area contributed by atoms with Crippen molar-refractivity contribution in [2.24, 2.45) is 7.05 Å². The van der Waals surface area contributed by atoms with E-state index in [1.165, 1.54) is 0 Å². The molecule has 0 radical (unpaired) electrons. The Hall–Kier alpha value is -1.29. The molecule has 0 aliphatic carbocycles. The molecule has 1 N–H and O–H groups in total. The number of hydrogen-bond acceptors (Lipinski definition) is 3. The summed E-state index contributed by atoms with van der Waals surface area (Å²) in [6.07, 6.45) is 5.31. The molecule has 1 aromatic rings. The van der Waals surface area contributed by atoms with Gasteiger partial charge in [0.15, 0.2) is 0 Å². The summed E-state index contributed by atoms with van der Waals surface area (Å²) in [7, 11) is 3.56. The lowest BCUT2D eigenvalue weighted by Crippen LogP contribution is -2.13. The second-order valence-electron chi connectivity index (χ2n) is 3.74. The molecular formula is C12H21N3O. The Balaban J connectivity index is 2.65. The molecule has 0 spiro atoms. The van der Waals surface area contributed by atoms with Crippen molar-refractivity contribution in [2.45, 2.75) is 20.3 Å². The second kappa shape index (κ2) is 6.33. The van der Waals surface area contributed by atoms with Crippen molar-refractivity contribution in [2.75, 3.05) is 20.2 Å². The van der Waals surface area contributed by atoms with Gasteiger partial charge in [-0.1, -0.05) is 19.1 Å². The summed E-state index contributed by atoms with van der Waals surface area (Å²) in [5, 5.41) is 7.63. The third kappa shape index (κ3) is 3.10. The van der Waals surface area contributed by atoms with Crippen LogP contribution in [0.15, 0.2) is 6.08 Å². The summed E-state index contributed by atoms with van der Waals surface area (Å²) in [4.78, 5) is 0. The molecule has 0 fully saturated rings. The average molecular weight is 223 g/mol. The van der Waals surface area contributed by atoms with Gasteiger partial charge in [-0.15, -0.1) is 0 Å². The number of aryl methyl sites for hydroxylation is 2. The van der Waals surface area contributed by atoms with Gasteiger partial charge in [0, 0.05) is 13.6 Å². The summed E-state index contributed by atoms with van der Waals surface area (Å²) in [5.41, 5.74) is 2.05. The number of ether oxygens (including phenoxy) is 1. The molecule has 4 nitrogen and oxygen atoms in total. The molecule has 0 aliphatic heterocycles. The Morgan fingerprint density at radius 3 is 2.88 bits per heavy atom. The van der Waals surface area contributed by atoms with Crippen molar-refractivity contribution >= 4 is 6.08 Å². The van der Waals surface area contributed by atoms with Crippen LogP contribution < -0.4 is 10.1 Å². The second-order valence-corrected chi connectivity index (χ2v) is 3.74. The van der Waals surface area contributed by atoms with E-state index in [2.05, 4.69) is 29.5 Å². The SMILES string of the molecule is CCCNC/C=C/c1c(C)nn(C)c1OC. The molecular weight excluding hydrogens is 202 g/mol. The largest absolute Gasteiger partial charge is 0.481 e. The molecule has 0 unspecified atom stereocenters. The van der Waals surface area contributed by atoms with Crippen molar-refractivity contribution in [3.05, 3.63) is 17.3 Å². The normalized spacial score (nSPS) is 11.2. The summed E-state index contributed by atoms with van der Waals surface area (Å²) in [6, 6.07) is 0. The lowest BCUT2D eigenvalue weighted by atomic mass is 10.2. The topological polar surface area (TPSA) is 39.1 Å². The molecule has 90 valence electrons. The minimum absolute atomic E-state index is 0.809. The summed E-state index contributed by atoms with van der Waals surface area (Å²) in [5.74, 6) is 0.809. The van der Waals surface area contributed by atoms with E-state index in [4.69, 9.17) is 4.74 Å². The summed E-state index contributed by atoms with van der Waals surface area (Å²) < 4.78 is 7.06. The third-order valence-electron chi connectivity index (χ3n) is 2.38. The monoisotopic (exact) mass is 223 g/mol. The van der Waals surface area contributed by atoms with Gasteiger partial charge in [-0.3, -0.25) is 0 Å². The number of rotatable bonds is 6. The van der Waals surface area contributed by atoms with Crippen molar-refractivity contribution in [1.82, 2.24) is 15.1 Å². The highest BCUT2D eigenvalue weighted by Crippen LogP contribution is 2.21. The van der Waals surface area contributed by atoms with Crippen LogP contribution in [0, 0.1) is 6.92 Å². The van der Waals surface area contributed by atoms with Gasteiger partial charge < -0.3 is 10.1 Å². The zero-order valence-electron chi connectivity index (χ0n) is 10.6. The first-order valence-electron chi connectivity index (χ1n) is 5.65. The molecule has 4 heteroatoms. The highest BCUT2D eigenvalue weighted by Gasteiger charge is 2.09. The predicted octanol–water partition coefficient (Wildman–Crippen LogP) is 1.75. The molecule has 0 bridgehead atoms. The van der Waals surface area contributed by atoms with Crippen LogP contribution in [0.4, 0.5) is 0 Å². The van der Waals surface area contributed by atoms with E-state index in [-0.39, 0.29) is 0 Å². The molecule has 0 saturated heterocycles. The minimum atomic E-state index is 0.809. The van der Waals surface area contributed by atoms with Gasteiger partial charge in [-0.25, -0.2) is 4.68 Å². The zero-order valence-corrected chi connectivity index (χ0v) is 10.6. The zero-order chi connectivity index (χ0) is 12.0. The number of nitrogens with zero attached hydrogens (tertiary/aromatic N) is 2. The van der Waals surface area contributed by atoms with Crippen LogP contribution >= 0.6 is 0 Å². The van der Waals surface area contributed by atoms with E-state index in [1.807, 2.05) is 14.0 Å². The van der Waals surface area contributed by atoms with Crippen LogP contribution in [-0.2, 0) is 7.05 Å². The fraction of sp³-hybridized carbons (Fsp3) is 0.583. The average Bonchev–Trinajstić information content (AvgIpc) is 2.53. The van der Waals surface area contributed by atoms with Crippen LogP contribution in [-0.4, -0.2) is 30.0 Å². The van der Waals surface area contributed by atoms with Crippen LogP contribution in [0.25, 0.3) is 6.08 Å². The van der Waals surface area contributed by atoms with E-state index in [0.29, 0.717) is 0 Å². The maximum atomic E-state index is 5.30. The maximum Gasteiger partial charge on any atom is 0.218 e. The molecule has 1 rings (SSSR count). The molecule has 0 saturated carbocycles. The van der Waals surface area contributed by atoms with Gasteiger partial charge in [0.25, 0.3) is 0 Å². The fourth-order valence-electron chi connectivity index (χ4n) is 1.63. The lowest BCUT2D eigenvalue weighted by Gasteiger charge is -2.01. The van der Waals surface area contributed by atoms with Crippen molar-refractivity contribution in [3.8, 4) is 5.88 Å². The lowest BCUT2D eigenvalue weighted by molar-refractivity contribution is 0.372. The molecule has 0 amide bonds. The van der Waals surface area contributed by atoms with Gasteiger partial charge in [0.2, 0.25) is 5.88 Å². The van der Waals surface area contributed by atoms with Gasteiger partial charge in [-0.05, 0) is 19.9 Å². The van der Waals surface area contributed by atoms with Crippen molar-refractivity contribution in [3.63, 3.8) is 0 Å². The number of nitrogens with one attached hydrogen (secondary N) is 1. The quantitative estimate of drug-likeness (QED) is 0.747. The van der Waals surface area contributed by atoms with E-state index >= 15 is 0 Å². The van der Waals surface area contributed by atoms with Crippen LogP contribution in [0.1, 0.15) is 24.6 Å². The van der Waals surface area contributed by atoms with E-state index in [9.17, 15) is 0 Å². The number of hydrogen-bond donors (Lipinski definition) is 1. The molecule has 16 heavy (non-hydrogen) atoms. The summed E-state index contributed by atoms with van der Waals surface area (Å²) >= 11 is 0. The van der Waals surface area contributed by atoms with Crippen LogP contribution in [0.5, 0.6) is 5.88 Å². The Labute approximate surface area is 97.3 Å². The smallest absolute Gasteiger partial charge is 0.218 e. The van der Waals surface area contributed by atoms with E-state index in [0.717, 1.165) is 36.6 Å². The summed E-state index contributed by atoms with van der Waals surface area (Å²) in [6.45, 7) is 6.07. The van der Waals surface area contributed by atoms with Crippen LogP contribution in [0.3, 0.4) is 0 Å². The maximum absolute atomic E-state index is 5.30. The first-order valence-corrected chi connectivity index (χ1v) is 5.65. The molecule has 1 aromatic heterocycles. The fourth-order valence-corrected chi connectivity index (χ4v) is 1.63. The van der Waals surface area contributed by atoms with Gasteiger partial charge in [-0.2, -0.15) is 5.10 Å². The standard InChI is InChI=1S/C12H21N3O/c1-5-8-13-9-6-7-11-10(2)14-15(3)12(11)16-4/h6-7,13H,5,8-9H2,1-4H3/b7-6+. The Bertz CT molecular complexity index is 355. The highest BCUT2D eigenvalue weighted by molar-refractivity contribution is 5.57. The number of methoxy groups -OCH3 is 1. The van der Waals surface area contributed by atoms with Gasteiger partial charge in [0.05, 0.1) is 18.4 Å². The highest BCUT2D eigenvalue weighted by atomic mass is 16.5. The van der Waals surface area contributed by atoms with Gasteiger partial charge >= 0.3 is 0 Å². The Morgan fingerprint density at radius 1 is 1.50 bits per heavy atom. The first kappa shape index (κ1) is 12.8. The molecule has 1 heterocycles. The third-order valence-corrected chi connectivity index (χ3v) is 2.38. The van der Waals surface area contributed by atoms with Crippen LogP contribution in [0.2, 0.25) is 0 Å². The van der Waals surface area contributed by atoms with E-state index in [1.54, 1.807) is 11.8 Å². The molecule has 0 aliphatic rings. The van der Waals surface area contributed by atoms with Crippen molar-refractivity contribution < 1.29 is 4.74 Å². The predicted molar refractivity (Wildman–Crippen MR) is 66.7 cm³/mol. The first-order chi connectivity index (χ1) is 7.70. The molecule has 0 atom stereocenters. The van der Waals surface area contributed by atoms with Crippen molar-refractivity contribution in [1.29, 1.82) is 0 Å². The minimum Gasteiger partial charge on any atom is -0.481 e. The van der Waals surface area contributed by atoms with E-state index < -0.39 is 0 Å². The van der Waals surface area contributed by atoms with Gasteiger partial charge in [0.1, 0.15) is 0 Å². The Morgan fingerprint density at radius 2 is 2.25 bits per heavy atom. The Kier molecular flexibility index (Phi) is 5.05. The molecule has 0 aromatic carbocycles. The number of aromatic nitrogens is 2.